The summed E-state index contributed by atoms with van der Waals surface area (Å²) in [6, 6.07) is 5.59. The molecule has 0 fully saturated rings. The van der Waals surface area contributed by atoms with E-state index in [0.29, 0.717) is 4.60 Å². The van der Waals surface area contributed by atoms with Gasteiger partial charge in [0.1, 0.15) is 15.4 Å². The average molecular weight is 324 g/mol. The third kappa shape index (κ3) is 3.44. The summed E-state index contributed by atoms with van der Waals surface area (Å²) in [4.78, 5) is 4.16. The van der Waals surface area contributed by atoms with Gasteiger partial charge in [0.2, 0.25) is 0 Å². The van der Waals surface area contributed by atoms with E-state index in [2.05, 4.69) is 25.7 Å². The fourth-order valence-electron chi connectivity index (χ4n) is 1.19. The summed E-state index contributed by atoms with van der Waals surface area (Å²) in [7, 11) is 0. The van der Waals surface area contributed by atoms with E-state index in [-0.39, 0.29) is 5.75 Å². The first-order valence-electron chi connectivity index (χ1n) is 4.41. The number of nitrogens with zero attached hydrogens (tertiary/aromatic N) is 1. The number of ether oxygens (including phenoxy) is 1. The first kappa shape index (κ1) is 12.4. The van der Waals surface area contributed by atoms with Crippen molar-refractivity contribution in [3.63, 3.8) is 0 Å². The molecule has 0 atom stereocenters. The maximum absolute atomic E-state index is 11.9. The highest BCUT2D eigenvalue weighted by molar-refractivity contribution is 9.10. The molecule has 1 aromatic heterocycles. The van der Waals surface area contributed by atoms with Gasteiger partial charge >= 0.3 is 6.36 Å². The van der Waals surface area contributed by atoms with E-state index >= 15 is 0 Å². The lowest BCUT2D eigenvalue weighted by molar-refractivity contribution is -0.274. The van der Waals surface area contributed by atoms with Crippen molar-refractivity contribution in [2.24, 2.45) is 0 Å². The number of benzene rings is 1. The zero-order valence-electron chi connectivity index (χ0n) is 8.16. The second-order valence-corrected chi connectivity index (χ2v) is 4.72. The summed E-state index contributed by atoms with van der Waals surface area (Å²) in [5.41, 5.74) is 0.746. The number of halogens is 4. The Balaban J connectivity index is 2.19. The molecule has 2 nitrogen and oxygen atoms in total. The quantitative estimate of drug-likeness (QED) is 0.813. The van der Waals surface area contributed by atoms with Gasteiger partial charge in [-0.1, -0.05) is 0 Å². The highest BCUT2D eigenvalue weighted by Crippen LogP contribution is 2.29. The van der Waals surface area contributed by atoms with Crippen LogP contribution in [0.4, 0.5) is 13.2 Å². The minimum absolute atomic E-state index is 0.239. The number of hydrogen-bond donors (Lipinski definition) is 0. The van der Waals surface area contributed by atoms with Crippen molar-refractivity contribution in [2.75, 3.05) is 0 Å². The Hall–Kier alpha value is -1.08. The first-order chi connectivity index (χ1) is 7.94. The fraction of sp³-hybridized carbons (Fsp3) is 0.100. The molecule has 0 amide bonds. The van der Waals surface area contributed by atoms with Gasteiger partial charge in [0.05, 0.1) is 0 Å². The second-order valence-electron chi connectivity index (χ2n) is 3.05. The summed E-state index contributed by atoms with van der Waals surface area (Å²) >= 11 is 4.61. The number of alkyl halides is 3. The molecule has 2 aromatic rings. The van der Waals surface area contributed by atoms with Crippen LogP contribution in [0.1, 0.15) is 0 Å². The molecule has 2 rings (SSSR count). The molecule has 0 aliphatic carbocycles. The van der Waals surface area contributed by atoms with E-state index in [9.17, 15) is 13.2 Å². The summed E-state index contributed by atoms with van der Waals surface area (Å²) in [5, 5.41) is 2.53. The Bertz CT molecular complexity index is 509. The molecule has 0 bridgehead atoms. The van der Waals surface area contributed by atoms with Crippen molar-refractivity contribution in [3.05, 3.63) is 34.2 Å². The predicted molar refractivity (Wildman–Crippen MR) is 61.9 cm³/mol. The van der Waals surface area contributed by atoms with Gasteiger partial charge in [-0.25, -0.2) is 4.98 Å². The molecule has 0 saturated carbocycles. The van der Waals surface area contributed by atoms with Crippen LogP contribution in [0.25, 0.3) is 10.6 Å². The fourth-order valence-corrected chi connectivity index (χ4v) is 2.45. The summed E-state index contributed by atoms with van der Waals surface area (Å²) < 4.78 is 40.3. The number of thiazole rings is 1. The topological polar surface area (TPSA) is 22.1 Å². The van der Waals surface area contributed by atoms with E-state index in [1.807, 2.05) is 0 Å². The third-order valence-electron chi connectivity index (χ3n) is 1.81. The van der Waals surface area contributed by atoms with Crippen LogP contribution in [0.2, 0.25) is 0 Å². The molecular formula is C10H5BrF3NOS. The van der Waals surface area contributed by atoms with Gasteiger partial charge in [-0.2, -0.15) is 0 Å². The lowest BCUT2D eigenvalue weighted by atomic mass is 10.2. The Kier molecular flexibility index (Phi) is 3.39. The molecule has 7 heteroatoms. The molecular weight excluding hydrogens is 319 g/mol. The number of rotatable bonds is 2. The Labute approximate surface area is 107 Å². The maximum atomic E-state index is 11.9. The van der Waals surface area contributed by atoms with Crippen molar-refractivity contribution in [2.45, 2.75) is 6.36 Å². The molecule has 0 aliphatic rings. The third-order valence-corrected chi connectivity index (χ3v) is 3.41. The van der Waals surface area contributed by atoms with Crippen LogP contribution in [-0.4, -0.2) is 11.3 Å². The first-order valence-corrected chi connectivity index (χ1v) is 6.08. The van der Waals surface area contributed by atoms with Gasteiger partial charge in [-0.05, 0) is 40.2 Å². The van der Waals surface area contributed by atoms with Crippen molar-refractivity contribution in [1.29, 1.82) is 0 Å². The SMILES string of the molecule is FC(F)(F)Oc1ccc(-c2nc(Br)cs2)cc1. The van der Waals surface area contributed by atoms with Gasteiger partial charge in [-0.3, -0.25) is 0 Å². The van der Waals surface area contributed by atoms with Gasteiger partial charge in [0, 0.05) is 10.9 Å². The van der Waals surface area contributed by atoms with Crippen molar-refractivity contribution >= 4 is 27.3 Å². The Morgan fingerprint density at radius 1 is 1.18 bits per heavy atom. The zero-order chi connectivity index (χ0) is 12.5. The lowest BCUT2D eigenvalue weighted by Crippen LogP contribution is -2.16. The van der Waals surface area contributed by atoms with E-state index in [4.69, 9.17) is 0 Å². The minimum atomic E-state index is -4.66. The van der Waals surface area contributed by atoms with Gasteiger partial charge in [-0.15, -0.1) is 24.5 Å². The molecule has 1 aromatic carbocycles. The Morgan fingerprint density at radius 3 is 2.29 bits per heavy atom. The number of aromatic nitrogens is 1. The highest BCUT2D eigenvalue weighted by atomic mass is 79.9. The smallest absolute Gasteiger partial charge is 0.406 e. The normalized spacial score (nSPS) is 11.5. The van der Waals surface area contributed by atoms with Crippen LogP contribution in [0.5, 0.6) is 5.75 Å². The molecule has 0 N–H and O–H groups in total. The predicted octanol–water partition coefficient (Wildman–Crippen LogP) is 4.47. The zero-order valence-corrected chi connectivity index (χ0v) is 10.6. The lowest BCUT2D eigenvalue weighted by Gasteiger charge is -2.08. The molecule has 0 unspecified atom stereocenters. The van der Waals surface area contributed by atoms with Gasteiger partial charge < -0.3 is 4.74 Å². The number of hydrogen-bond acceptors (Lipinski definition) is 3. The van der Waals surface area contributed by atoms with Crippen LogP contribution in [0.3, 0.4) is 0 Å². The van der Waals surface area contributed by atoms with E-state index in [0.717, 1.165) is 10.6 Å². The monoisotopic (exact) mass is 323 g/mol. The van der Waals surface area contributed by atoms with Gasteiger partial charge in [0.25, 0.3) is 0 Å². The van der Waals surface area contributed by atoms with Gasteiger partial charge in [0.15, 0.2) is 0 Å². The standard InChI is InChI=1S/C10H5BrF3NOS/c11-8-5-17-9(15-8)6-1-3-7(4-2-6)16-10(12,13)14/h1-5H. The van der Waals surface area contributed by atoms with E-state index < -0.39 is 6.36 Å². The maximum Gasteiger partial charge on any atom is 0.573 e. The van der Waals surface area contributed by atoms with E-state index in [1.54, 1.807) is 5.38 Å². The Morgan fingerprint density at radius 2 is 1.82 bits per heavy atom. The van der Waals surface area contributed by atoms with Crippen LogP contribution in [0, 0.1) is 0 Å². The molecule has 1 heterocycles. The van der Waals surface area contributed by atoms with Crippen LogP contribution >= 0.6 is 27.3 Å². The molecule has 0 aliphatic heterocycles. The van der Waals surface area contributed by atoms with E-state index in [1.165, 1.54) is 35.6 Å². The molecule has 17 heavy (non-hydrogen) atoms. The summed E-state index contributed by atoms with van der Waals surface area (Å²) in [5.74, 6) is -0.239. The van der Waals surface area contributed by atoms with Crippen molar-refractivity contribution in [3.8, 4) is 16.3 Å². The second kappa shape index (κ2) is 4.66. The molecule has 0 radical (unpaired) electrons. The highest BCUT2D eigenvalue weighted by Gasteiger charge is 2.30. The van der Waals surface area contributed by atoms with Crippen LogP contribution in [0.15, 0.2) is 34.2 Å². The average Bonchev–Trinajstić information content (AvgIpc) is 2.63. The molecule has 90 valence electrons. The van der Waals surface area contributed by atoms with Crippen LogP contribution in [-0.2, 0) is 0 Å². The van der Waals surface area contributed by atoms with Crippen molar-refractivity contribution < 1.29 is 17.9 Å². The largest absolute Gasteiger partial charge is 0.573 e. The van der Waals surface area contributed by atoms with Crippen LogP contribution < -0.4 is 4.74 Å². The molecule has 0 spiro atoms. The molecule has 0 saturated heterocycles. The van der Waals surface area contributed by atoms with Crippen molar-refractivity contribution in [1.82, 2.24) is 4.98 Å². The summed E-state index contributed by atoms with van der Waals surface area (Å²) in [6.45, 7) is 0. The minimum Gasteiger partial charge on any atom is -0.406 e. The summed E-state index contributed by atoms with van der Waals surface area (Å²) in [6.07, 6.45) is -4.66.